The van der Waals surface area contributed by atoms with Crippen LogP contribution in [0.15, 0.2) is 4.99 Å². The van der Waals surface area contributed by atoms with Gasteiger partial charge < -0.3 is 20.1 Å². The molecule has 0 aliphatic rings. The van der Waals surface area contributed by atoms with Crippen LogP contribution in [0.3, 0.4) is 0 Å². The molecule has 6 heteroatoms. The summed E-state index contributed by atoms with van der Waals surface area (Å²) in [6.07, 6.45) is 3.20. The number of methoxy groups -OCH3 is 1. The number of hydrogen-bond donors (Lipinski definition) is 2. The fraction of sp³-hybridized carbons (Fsp3) is 0.857. The van der Waals surface area contributed by atoms with E-state index in [0.29, 0.717) is 12.5 Å². The molecule has 1 unspecified atom stereocenters. The van der Waals surface area contributed by atoms with E-state index in [1.807, 2.05) is 6.92 Å². The van der Waals surface area contributed by atoms with Crippen LogP contribution < -0.4 is 10.6 Å². The zero-order valence-corrected chi connectivity index (χ0v) is 13.2. The molecule has 118 valence electrons. The largest absolute Gasteiger partial charge is 0.469 e. The van der Waals surface area contributed by atoms with E-state index in [9.17, 15) is 4.79 Å². The molecule has 0 spiro atoms. The number of carbonyl (C=O) groups excluding carboxylic acids is 1. The Hall–Kier alpha value is -1.30. The summed E-state index contributed by atoms with van der Waals surface area (Å²) < 4.78 is 10.1. The van der Waals surface area contributed by atoms with Crippen molar-refractivity contribution in [1.29, 1.82) is 0 Å². The van der Waals surface area contributed by atoms with Crippen LogP contribution in [0.1, 0.15) is 33.1 Å². The van der Waals surface area contributed by atoms with Crippen LogP contribution in [0.2, 0.25) is 0 Å². The molecule has 0 aromatic carbocycles. The number of unbranched alkanes of at least 4 members (excludes halogenated alkanes) is 1. The van der Waals surface area contributed by atoms with Gasteiger partial charge in [-0.3, -0.25) is 9.79 Å². The molecule has 0 fully saturated rings. The summed E-state index contributed by atoms with van der Waals surface area (Å²) in [6.45, 7) is 6.84. The van der Waals surface area contributed by atoms with Crippen molar-refractivity contribution in [2.24, 2.45) is 10.9 Å². The molecule has 1 atom stereocenters. The molecule has 0 aromatic heterocycles. The summed E-state index contributed by atoms with van der Waals surface area (Å²) >= 11 is 0. The van der Waals surface area contributed by atoms with Crippen LogP contribution in [-0.4, -0.2) is 52.4 Å². The van der Waals surface area contributed by atoms with E-state index in [1.165, 1.54) is 7.11 Å². The summed E-state index contributed by atoms with van der Waals surface area (Å²) in [5.74, 6) is 0.266. The highest BCUT2D eigenvalue weighted by molar-refractivity contribution is 5.80. The van der Waals surface area contributed by atoms with Gasteiger partial charge in [0.25, 0.3) is 0 Å². The van der Waals surface area contributed by atoms with Crippen molar-refractivity contribution in [2.75, 3.05) is 40.5 Å². The van der Waals surface area contributed by atoms with Gasteiger partial charge >= 0.3 is 5.97 Å². The van der Waals surface area contributed by atoms with E-state index in [0.717, 1.165) is 39.0 Å². The lowest BCUT2D eigenvalue weighted by Crippen LogP contribution is -2.41. The van der Waals surface area contributed by atoms with Gasteiger partial charge in [0, 0.05) is 33.4 Å². The van der Waals surface area contributed by atoms with Gasteiger partial charge in [0.1, 0.15) is 0 Å². The summed E-state index contributed by atoms with van der Waals surface area (Å²) in [6, 6.07) is 0. The third kappa shape index (κ3) is 9.61. The highest BCUT2D eigenvalue weighted by Gasteiger charge is 2.12. The average molecular weight is 287 g/mol. The average Bonchev–Trinajstić information content (AvgIpc) is 2.48. The fourth-order valence-corrected chi connectivity index (χ4v) is 1.48. The molecule has 0 rings (SSSR count). The van der Waals surface area contributed by atoms with Crippen molar-refractivity contribution in [1.82, 2.24) is 10.6 Å². The number of nitrogens with zero attached hydrogens (tertiary/aromatic N) is 1. The second-order valence-electron chi connectivity index (χ2n) is 4.62. The molecule has 0 aliphatic heterocycles. The molecule has 0 radical (unpaired) electrons. The molecule has 0 saturated carbocycles. The molecular formula is C14H29N3O3. The summed E-state index contributed by atoms with van der Waals surface area (Å²) in [5, 5.41) is 6.27. The van der Waals surface area contributed by atoms with Gasteiger partial charge in [-0.15, -0.1) is 0 Å². The van der Waals surface area contributed by atoms with Crippen LogP contribution in [0.4, 0.5) is 0 Å². The Morgan fingerprint density at radius 1 is 1.25 bits per heavy atom. The zero-order chi connectivity index (χ0) is 15.2. The third-order valence-electron chi connectivity index (χ3n) is 2.80. The lowest BCUT2D eigenvalue weighted by atomic mass is 10.2. The predicted octanol–water partition coefficient (Wildman–Crippen LogP) is 1.17. The summed E-state index contributed by atoms with van der Waals surface area (Å²) in [7, 11) is 3.10. The first-order chi connectivity index (χ1) is 9.65. The smallest absolute Gasteiger partial charge is 0.310 e. The van der Waals surface area contributed by atoms with Crippen LogP contribution in [-0.2, 0) is 14.3 Å². The molecule has 0 amide bonds. The molecule has 20 heavy (non-hydrogen) atoms. The first kappa shape index (κ1) is 18.7. The Morgan fingerprint density at radius 2 is 1.95 bits per heavy atom. The van der Waals surface area contributed by atoms with Crippen LogP contribution in [0, 0.1) is 5.92 Å². The van der Waals surface area contributed by atoms with Crippen molar-refractivity contribution in [3.63, 3.8) is 0 Å². The zero-order valence-electron chi connectivity index (χ0n) is 13.2. The number of aliphatic imine (C=N–C) groups is 1. The van der Waals surface area contributed by atoms with Crippen molar-refractivity contribution >= 4 is 11.9 Å². The molecule has 0 bridgehead atoms. The number of nitrogens with one attached hydrogen (secondary N) is 2. The van der Waals surface area contributed by atoms with Crippen molar-refractivity contribution < 1.29 is 14.3 Å². The highest BCUT2D eigenvalue weighted by Crippen LogP contribution is 1.95. The Bertz CT molecular complexity index is 283. The van der Waals surface area contributed by atoms with Crippen LogP contribution in [0.25, 0.3) is 0 Å². The van der Waals surface area contributed by atoms with Gasteiger partial charge in [-0.2, -0.15) is 0 Å². The topological polar surface area (TPSA) is 72.0 Å². The quantitative estimate of drug-likeness (QED) is 0.273. The first-order valence-corrected chi connectivity index (χ1v) is 7.25. The second kappa shape index (κ2) is 12.7. The summed E-state index contributed by atoms with van der Waals surface area (Å²) in [5.41, 5.74) is 0. The van der Waals surface area contributed by atoms with Gasteiger partial charge in [-0.25, -0.2) is 0 Å². The van der Waals surface area contributed by atoms with Crippen molar-refractivity contribution in [3.05, 3.63) is 0 Å². The molecular weight excluding hydrogens is 258 g/mol. The predicted molar refractivity (Wildman–Crippen MR) is 80.9 cm³/mol. The Kier molecular flexibility index (Phi) is 11.9. The SMILES string of the molecule is CCCCOCCCNC(=NC)NCC(C)C(=O)OC. The minimum atomic E-state index is -0.225. The fourth-order valence-electron chi connectivity index (χ4n) is 1.48. The van der Waals surface area contributed by atoms with Gasteiger partial charge in [0.15, 0.2) is 5.96 Å². The van der Waals surface area contributed by atoms with E-state index >= 15 is 0 Å². The van der Waals surface area contributed by atoms with Crippen molar-refractivity contribution in [3.8, 4) is 0 Å². The number of esters is 1. The lowest BCUT2D eigenvalue weighted by molar-refractivity contribution is -0.144. The van der Waals surface area contributed by atoms with E-state index in [2.05, 4.69) is 27.3 Å². The van der Waals surface area contributed by atoms with Gasteiger partial charge in [-0.05, 0) is 12.8 Å². The van der Waals surface area contributed by atoms with Gasteiger partial charge in [0.2, 0.25) is 0 Å². The number of ether oxygens (including phenoxy) is 2. The molecule has 0 saturated heterocycles. The molecule has 2 N–H and O–H groups in total. The van der Waals surface area contributed by atoms with E-state index in [1.54, 1.807) is 7.05 Å². The molecule has 0 heterocycles. The van der Waals surface area contributed by atoms with Gasteiger partial charge in [0.05, 0.1) is 13.0 Å². The standard InChI is InChI=1S/C14H29N3O3/c1-5-6-9-20-10-7-8-16-14(15-3)17-11-12(2)13(18)19-4/h12H,5-11H2,1-4H3,(H2,15,16,17). The maximum Gasteiger partial charge on any atom is 0.310 e. The maximum absolute atomic E-state index is 11.3. The Labute approximate surface area is 122 Å². The summed E-state index contributed by atoms with van der Waals surface area (Å²) in [4.78, 5) is 15.4. The number of guanidine groups is 1. The van der Waals surface area contributed by atoms with E-state index in [4.69, 9.17) is 4.74 Å². The Morgan fingerprint density at radius 3 is 2.55 bits per heavy atom. The minimum Gasteiger partial charge on any atom is -0.469 e. The van der Waals surface area contributed by atoms with Crippen molar-refractivity contribution in [2.45, 2.75) is 33.1 Å². The second-order valence-corrected chi connectivity index (χ2v) is 4.62. The number of rotatable bonds is 10. The highest BCUT2D eigenvalue weighted by atomic mass is 16.5. The number of hydrogen-bond acceptors (Lipinski definition) is 4. The monoisotopic (exact) mass is 287 g/mol. The van der Waals surface area contributed by atoms with Crippen LogP contribution in [0.5, 0.6) is 0 Å². The lowest BCUT2D eigenvalue weighted by Gasteiger charge is -2.14. The van der Waals surface area contributed by atoms with E-state index < -0.39 is 0 Å². The van der Waals surface area contributed by atoms with Gasteiger partial charge in [-0.1, -0.05) is 20.3 Å². The Balaban J connectivity index is 3.65. The minimum absolute atomic E-state index is 0.198. The first-order valence-electron chi connectivity index (χ1n) is 7.25. The normalized spacial score (nSPS) is 12.9. The van der Waals surface area contributed by atoms with Crippen LogP contribution >= 0.6 is 0 Å². The maximum atomic E-state index is 11.3. The number of carbonyl (C=O) groups is 1. The van der Waals surface area contributed by atoms with E-state index in [-0.39, 0.29) is 11.9 Å². The third-order valence-corrected chi connectivity index (χ3v) is 2.80. The molecule has 0 aliphatic carbocycles. The molecule has 6 nitrogen and oxygen atoms in total. The molecule has 0 aromatic rings.